The van der Waals surface area contributed by atoms with E-state index in [1.54, 1.807) is 80.6 Å². The number of aromatic carboxylic acids is 1. The van der Waals surface area contributed by atoms with Gasteiger partial charge in [0.25, 0.3) is 0 Å². The maximum Gasteiger partial charge on any atom is 0.367 e. The highest BCUT2D eigenvalue weighted by molar-refractivity contribution is 7.89. The van der Waals surface area contributed by atoms with Crippen molar-refractivity contribution in [1.82, 2.24) is 4.31 Å². The summed E-state index contributed by atoms with van der Waals surface area (Å²) in [5.41, 5.74) is 1.10. The molecule has 17 heteroatoms. The van der Waals surface area contributed by atoms with Crippen molar-refractivity contribution >= 4 is 29.6 Å². The summed E-state index contributed by atoms with van der Waals surface area (Å²) in [6.07, 6.45) is -1.51. The van der Waals surface area contributed by atoms with Gasteiger partial charge in [-0.05, 0) is 86.7 Å². The number of esters is 1. The van der Waals surface area contributed by atoms with Crippen molar-refractivity contribution in [2.24, 2.45) is 17.8 Å². The molecule has 0 saturated carbocycles. The number of hydrogen-bond donors (Lipinski definition) is 2. The van der Waals surface area contributed by atoms with E-state index in [1.165, 1.54) is 23.5 Å². The molecule has 2 aliphatic heterocycles. The molecule has 0 amide bonds. The van der Waals surface area contributed by atoms with Gasteiger partial charge in [-0.2, -0.15) is 4.31 Å². The third-order valence-electron chi connectivity index (χ3n) is 9.38. The molecule has 15 nitrogen and oxygen atoms in total. The van der Waals surface area contributed by atoms with Crippen LogP contribution in [0.15, 0.2) is 83.8 Å². The van der Waals surface area contributed by atoms with Crippen molar-refractivity contribution < 1.29 is 65.5 Å². The first-order valence-corrected chi connectivity index (χ1v) is 22.5. The number of fused-ring (bicyclic) bond motifs is 1. The second kappa shape index (κ2) is 22.5. The molecular formula is C41H56NO14PS. The highest BCUT2D eigenvalue weighted by atomic mass is 32.2. The maximum absolute atomic E-state index is 13.8. The number of carboxylic acid groups (broad SMARTS) is 1. The Morgan fingerprint density at radius 1 is 0.914 bits per heavy atom. The minimum atomic E-state index is -4.00. The van der Waals surface area contributed by atoms with E-state index in [-0.39, 0.29) is 75.1 Å². The summed E-state index contributed by atoms with van der Waals surface area (Å²) in [5, 5.41) is 20.1. The molecule has 3 aromatic rings. The zero-order valence-corrected chi connectivity index (χ0v) is 35.3. The lowest BCUT2D eigenvalue weighted by Gasteiger charge is -2.30. The number of aliphatic hydroxyl groups excluding tert-OH is 1. The summed E-state index contributed by atoms with van der Waals surface area (Å²) < 4.78 is 80.1. The Hall–Kier alpha value is -3.86. The van der Waals surface area contributed by atoms with E-state index in [4.69, 9.17) is 37.8 Å². The van der Waals surface area contributed by atoms with Crippen LogP contribution in [0.4, 0.5) is 0 Å². The highest BCUT2D eigenvalue weighted by Gasteiger charge is 2.44. The van der Waals surface area contributed by atoms with Crippen molar-refractivity contribution in [1.29, 1.82) is 0 Å². The van der Waals surface area contributed by atoms with Gasteiger partial charge in [0.2, 0.25) is 10.0 Å². The Labute approximate surface area is 341 Å². The molecule has 0 radical (unpaired) electrons. The van der Waals surface area contributed by atoms with Crippen LogP contribution in [-0.2, 0) is 49.1 Å². The van der Waals surface area contributed by atoms with Gasteiger partial charge in [-0.15, -0.1) is 0 Å². The number of sulfonamides is 1. The number of carboxylic acids is 1. The van der Waals surface area contributed by atoms with Crippen LogP contribution < -0.4 is 9.47 Å². The van der Waals surface area contributed by atoms with E-state index >= 15 is 0 Å². The second-order valence-corrected chi connectivity index (χ2v) is 18.1. The Morgan fingerprint density at radius 2 is 1.55 bits per heavy atom. The molecule has 0 aromatic heterocycles. The number of benzene rings is 3. The number of hydrogen-bond acceptors (Lipinski definition) is 13. The minimum absolute atomic E-state index is 0.0408. The molecule has 0 bridgehead atoms. The van der Waals surface area contributed by atoms with E-state index in [0.29, 0.717) is 23.7 Å². The summed E-state index contributed by atoms with van der Waals surface area (Å²) in [5.74, 6) is -1.23. The normalized spacial score (nSPS) is 18.9. The number of nitrogens with zero attached hydrogens (tertiary/aromatic N) is 1. The summed E-state index contributed by atoms with van der Waals surface area (Å²) >= 11 is 0. The van der Waals surface area contributed by atoms with E-state index in [2.05, 4.69) is 0 Å². The first-order valence-electron chi connectivity index (χ1n) is 19.3. The van der Waals surface area contributed by atoms with Crippen LogP contribution in [0.3, 0.4) is 0 Å². The molecule has 5 atom stereocenters. The fourth-order valence-electron chi connectivity index (χ4n) is 6.52. The standard InChI is InChI=1S/C34H50NO12PS.C7H6O2/c1-6-45-48(38,46-7-2)23-44-28-10-8-25(9-11-28)18-26(19-33(37)47-32-22-43-34-30(32)16-17-42-34)31(36)21-35(20-24(3)4)49(39,40)29-14-12-27(41-5)13-15-29;8-7(9)6-4-2-1-3-5-6/h8-15,24,26,30-32,34,36H,6-7,16-23H2,1-5H3;1-5H,(H,8,9)/t26?,30-,31+,32?,34+;/m0./s1. The van der Waals surface area contributed by atoms with Crippen LogP contribution >= 0.6 is 7.60 Å². The lowest BCUT2D eigenvalue weighted by Crippen LogP contribution is -2.43. The molecule has 5 rings (SSSR count). The van der Waals surface area contributed by atoms with E-state index in [0.717, 1.165) is 12.0 Å². The Balaban J connectivity index is 0.000000727. The van der Waals surface area contributed by atoms with Gasteiger partial charge in [-0.3, -0.25) is 9.36 Å². The molecule has 3 aromatic carbocycles. The number of methoxy groups -OCH3 is 1. The van der Waals surface area contributed by atoms with Crippen molar-refractivity contribution in [3.63, 3.8) is 0 Å². The average molecular weight is 850 g/mol. The number of carbonyl (C=O) groups excluding carboxylic acids is 1. The SMILES string of the molecule is CCOP(=O)(COc1ccc(CC(CC(=O)OC2CO[C@H]3OCC[C@@H]23)[C@H](O)CN(CC(C)C)S(=O)(=O)c2ccc(OC)cc2)cc1)OCC.O=C(O)c1ccccc1. The fourth-order valence-corrected chi connectivity index (χ4v) is 9.46. The highest BCUT2D eigenvalue weighted by Crippen LogP contribution is 2.48. The predicted octanol–water partition coefficient (Wildman–Crippen LogP) is 6.24. The number of ether oxygens (including phenoxy) is 5. The molecule has 0 spiro atoms. The smallest absolute Gasteiger partial charge is 0.367 e. The fraction of sp³-hybridized carbons (Fsp3) is 0.512. The molecule has 320 valence electrons. The van der Waals surface area contributed by atoms with E-state index < -0.39 is 47.7 Å². The first-order chi connectivity index (χ1) is 27.7. The van der Waals surface area contributed by atoms with Crippen LogP contribution in [0, 0.1) is 17.8 Å². The van der Waals surface area contributed by atoms with Crippen molar-refractivity contribution in [2.75, 3.05) is 53.0 Å². The molecule has 2 saturated heterocycles. The topological polar surface area (TPSA) is 194 Å². The van der Waals surface area contributed by atoms with Gasteiger partial charge in [-0.25, -0.2) is 13.2 Å². The first kappa shape index (κ1) is 46.8. The van der Waals surface area contributed by atoms with Crippen LogP contribution in [0.1, 0.15) is 56.5 Å². The van der Waals surface area contributed by atoms with Gasteiger partial charge in [0, 0.05) is 19.0 Å². The van der Waals surface area contributed by atoms with Crippen LogP contribution in [-0.4, -0.2) is 106 Å². The van der Waals surface area contributed by atoms with Crippen molar-refractivity contribution in [3.05, 3.63) is 90.0 Å². The molecular weight excluding hydrogens is 793 g/mol. The molecule has 0 aliphatic carbocycles. The van der Waals surface area contributed by atoms with E-state index in [1.807, 2.05) is 13.8 Å². The molecule has 2 aliphatic rings. The maximum atomic E-state index is 13.8. The summed E-state index contributed by atoms with van der Waals surface area (Å²) in [6.45, 7) is 8.35. The third-order valence-corrected chi connectivity index (χ3v) is 13.0. The molecule has 2 unspecified atom stereocenters. The number of aliphatic hydroxyl groups is 1. The summed E-state index contributed by atoms with van der Waals surface area (Å²) in [4.78, 5) is 23.6. The van der Waals surface area contributed by atoms with Gasteiger partial charge >= 0.3 is 19.5 Å². The zero-order valence-electron chi connectivity index (χ0n) is 33.6. The molecule has 58 heavy (non-hydrogen) atoms. The van der Waals surface area contributed by atoms with Gasteiger partial charge < -0.3 is 42.9 Å². The average Bonchev–Trinajstić information content (AvgIpc) is 3.83. The van der Waals surface area contributed by atoms with Gasteiger partial charge in [0.05, 0.1) is 62.4 Å². The monoisotopic (exact) mass is 849 g/mol. The number of carbonyl (C=O) groups is 2. The Kier molecular flexibility index (Phi) is 18.2. The largest absolute Gasteiger partial charge is 0.497 e. The predicted molar refractivity (Wildman–Crippen MR) is 214 cm³/mol. The van der Waals surface area contributed by atoms with Crippen LogP contribution in [0.25, 0.3) is 0 Å². The molecule has 2 N–H and O–H groups in total. The van der Waals surface area contributed by atoms with Crippen LogP contribution in [0.5, 0.6) is 11.5 Å². The third kappa shape index (κ3) is 13.9. The van der Waals surface area contributed by atoms with Crippen LogP contribution in [0.2, 0.25) is 0 Å². The van der Waals surface area contributed by atoms with Crippen molar-refractivity contribution in [2.45, 2.75) is 70.4 Å². The quantitative estimate of drug-likeness (QED) is 0.0903. The Bertz CT molecular complexity index is 1870. The zero-order chi connectivity index (χ0) is 42.3. The second-order valence-electron chi connectivity index (χ2n) is 14.2. The van der Waals surface area contributed by atoms with Gasteiger partial charge in [0.1, 0.15) is 17.6 Å². The molecule has 2 heterocycles. The lowest BCUT2D eigenvalue weighted by atomic mass is 9.90. The minimum Gasteiger partial charge on any atom is -0.497 e. The van der Waals surface area contributed by atoms with E-state index in [9.17, 15) is 27.7 Å². The molecule has 2 fully saturated rings. The number of rotatable bonds is 21. The lowest BCUT2D eigenvalue weighted by molar-refractivity contribution is -0.153. The summed E-state index contributed by atoms with van der Waals surface area (Å²) in [6, 6.07) is 21.3. The van der Waals surface area contributed by atoms with Crippen molar-refractivity contribution in [3.8, 4) is 11.5 Å². The van der Waals surface area contributed by atoms with Gasteiger partial charge in [-0.1, -0.05) is 44.2 Å². The van der Waals surface area contributed by atoms with Gasteiger partial charge in [0.15, 0.2) is 12.6 Å². The Morgan fingerprint density at radius 3 is 2.12 bits per heavy atom. The summed E-state index contributed by atoms with van der Waals surface area (Å²) in [7, 11) is -5.92.